The Morgan fingerprint density at radius 1 is 1.10 bits per heavy atom. The molecule has 6 heteroatoms. The quantitative estimate of drug-likeness (QED) is 0.764. The maximum Gasteiger partial charge on any atom is 0.302 e. The second kappa shape index (κ2) is 8.35. The highest BCUT2D eigenvalue weighted by atomic mass is 16.5. The average molecular weight is 424 g/mol. The van der Waals surface area contributed by atoms with Crippen LogP contribution in [-0.2, 0) is 14.9 Å². The number of fused-ring (bicyclic) bond motifs is 1. The largest absolute Gasteiger partial charge is 0.497 e. The molecule has 1 N–H and O–H groups in total. The molecule has 1 saturated carbocycles. The average Bonchev–Trinajstić information content (AvgIpc) is 2.78. The molecule has 1 unspecified atom stereocenters. The van der Waals surface area contributed by atoms with Gasteiger partial charge in [-0.3, -0.25) is 9.59 Å². The number of aliphatic hydroxyl groups is 1. The lowest BCUT2D eigenvalue weighted by Crippen LogP contribution is -2.66. The fourth-order valence-electron chi connectivity index (χ4n) is 5.33. The van der Waals surface area contributed by atoms with Crippen molar-refractivity contribution in [2.75, 3.05) is 20.2 Å². The lowest BCUT2D eigenvalue weighted by atomic mass is 9.55. The molecule has 2 aromatic carbocycles. The van der Waals surface area contributed by atoms with E-state index >= 15 is 0 Å². The smallest absolute Gasteiger partial charge is 0.302 e. The first-order chi connectivity index (χ1) is 14.9. The summed E-state index contributed by atoms with van der Waals surface area (Å²) < 4.78 is 11.0. The van der Waals surface area contributed by atoms with Crippen LogP contribution in [0, 0.1) is 0 Å². The molecular formula is C25H29NO5. The molecule has 164 valence electrons. The van der Waals surface area contributed by atoms with E-state index in [0.717, 1.165) is 5.56 Å². The lowest BCUT2D eigenvalue weighted by molar-refractivity contribution is -0.165. The van der Waals surface area contributed by atoms with Gasteiger partial charge in [-0.1, -0.05) is 30.3 Å². The number of carbonyl (C=O) groups is 2. The first-order valence-corrected chi connectivity index (χ1v) is 10.8. The van der Waals surface area contributed by atoms with Crippen LogP contribution in [0.2, 0.25) is 0 Å². The molecule has 31 heavy (non-hydrogen) atoms. The van der Waals surface area contributed by atoms with Crippen molar-refractivity contribution in [3.8, 4) is 5.75 Å². The van der Waals surface area contributed by atoms with E-state index in [2.05, 4.69) is 0 Å². The maximum absolute atomic E-state index is 13.1. The topological polar surface area (TPSA) is 76.1 Å². The van der Waals surface area contributed by atoms with Crippen LogP contribution in [-0.4, -0.2) is 53.8 Å². The van der Waals surface area contributed by atoms with Gasteiger partial charge in [-0.2, -0.15) is 0 Å². The minimum absolute atomic E-state index is 0.0737. The van der Waals surface area contributed by atoms with E-state index in [-0.39, 0.29) is 24.5 Å². The van der Waals surface area contributed by atoms with Gasteiger partial charge in [0.15, 0.2) is 0 Å². The number of β-amino-alcohol motifs (C(OH)–C–C–N with tert-alkyl or cyclic N) is 1. The maximum atomic E-state index is 13.1. The third kappa shape index (κ3) is 3.92. The molecule has 2 fully saturated rings. The van der Waals surface area contributed by atoms with Crippen LogP contribution >= 0.6 is 0 Å². The molecule has 1 aliphatic carbocycles. The molecule has 1 saturated heterocycles. The fourth-order valence-corrected chi connectivity index (χ4v) is 5.33. The van der Waals surface area contributed by atoms with Crippen molar-refractivity contribution < 1.29 is 24.2 Å². The predicted octanol–water partition coefficient (Wildman–Crippen LogP) is 3.33. The molecule has 4 rings (SSSR count). The molecule has 0 aromatic heterocycles. The first-order valence-electron chi connectivity index (χ1n) is 10.8. The number of ether oxygens (including phenoxy) is 2. The summed E-state index contributed by atoms with van der Waals surface area (Å²) in [6.07, 6.45) is 1.84. The van der Waals surface area contributed by atoms with Gasteiger partial charge in [0.05, 0.1) is 19.3 Å². The molecule has 0 radical (unpaired) electrons. The highest BCUT2D eigenvalue weighted by molar-refractivity contribution is 5.94. The number of piperidine rings is 1. The number of nitrogens with zero attached hydrogens (tertiary/aromatic N) is 1. The van der Waals surface area contributed by atoms with E-state index < -0.39 is 11.0 Å². The lowest BCUT2D eigenvalue weighted by Gasteiger charge is -2.57. The summed E-state index contributed by atoms with van der Waals surface area (Å²) in [7, 11) is 1.62. The van der Waals surface area contributed by atoms with Crippen molar-refractivity contribution in [3.05, 3.63) is 65.7 Å². The minimum Gasteiger partial charge on any atom is -0.497 e. The highest BCUT2D eigenvalue weighted by Crippen LogP contribution is 2.52. The van der Waals surface area contributed by atoms with Crippen LogP contribution in [0.15, 0.2) is 54.6 Å². The number of carbonyl (C=O) groups excluding carboxylic acids is 2. The summed E-state index contributed by atoms with van der Waals surface area (Å²) in [6.45, 7) is 2.17. The van der Waals surface area contributed by atoms with Crippen molar-refractivity contribution in [2.24, 2.45) is 0 Å². The minimum atomic E-state index is -1.13. The van der Waals surface area contributed by atoms with Gasteiger partial charge in [0.2, 0.25) is 0 Å². The van der Waals surface area contributed by atoms with Crippen LogP contribution in [0.5, 0.6) is 5.75 Å². The summed E-state index contributed by atoms with van der Waals surface area (Å²) in [4.78, 5) is 26.5. The van der Waals surface area contributed by atoms with Crippen molar-refractivity contribution in [2.45, 2.75) is 49.7 Å². The Morgan fingerprint density at radius 3 is 2.58 bits per heavy atom. The highest BCUT2D eigenvalue weighted by Gasteiger charge is 2.58. The van der Waals surface area contributed by atoms with Crippen LogP contribution in [0.25, 0.3) is 0 Å². The summed E-state index contributed by atoms with van der Waals surface area (Å²) in [5.41, 5.74) is -0.182. The van der Waals surface area contributed by atoms with E-state index in [9.17, 15) is 14.7 Å². The summed E-state index contributed by atoms with van der Waals surface area (Å²) in [6, 6.07) is 16.9. The molecule has 0 spiro atoms. The number of hydrogen-bond donors (Lipinski definition) is 1. The van der Waals surface area contributed by atoms with Gasteiger partial charge < -0.3 is 19.5 Å². The number of hydrogen-bond acceptors (Lipinski definition) is 5. The van der Waals surface area contributed by atoms with Gasteiger partial charge in [-0.15, -0.1) is 0 Å². The number of rotatable bonds is 4. The second-order valence-electron chi connectivity index (χ2n) is 8.66. The first kappa shape index (κ1) is 21.4. The van der Waals surface area contributed by atoms with E-state index in [1.54, 1.807) is 24.1 Å². The SMILES string of the molecule is COc1cccc([C@]23CCN(C(=O)c4ccccc4)C[C@]2(O)CCC(OC(C)=O)C3)c1. The third-order valence-electron chi connectivity index (χ3n) is 6.87. The molecule has 1 aliphatic heterocycles. The van der Waals surface area contributed by atoms with Gasteiger partial charge in [0.25, 0.3) is 5.91 Å². The molecule has 1 amide bonds. The van der Waals surface area contributed by atoms with Gasteiger partial charge in [0.1, 0.15) is 11.9 Å². The van der Waals surface area contributed by atoms with Crippen LogP contribution in [0.3, 0.4) is 0 Å². The van der Waals surface area contributed by atoms with Gasteiger partial charge in [-0.25, -0.2) is 0 Å². The molecular weight excluding hydrogens is 394 g/mol. The zero-order valence-corrected chi connectivity index (χ0v) is 18.0. The zero-order chi connectivity index (χ0) is 22.1. The third-order valence-corrected chi connectivity index (χ3v) is 6.87. The summed E-state index contributed by atoms with van der Waals surface area (Å²) in [5.74, 6) is 0.329. The Balaban J connectivity index is 1.69. The second-order valence-corrected chi connectivity index (χ2v) is 8.66. The Hall–Kier alpha value is -2.86. The molecule has 0 bridgehead atoms. The number of methoxy groups -OCH3 is 1. The molecule has 6 nitrogen and oxygen atoms in total. The van der Waals surface area contributed by atoms with Gasteiger partial charge in [0, 0.05) is 24.4 Å². The number of amides is 1. The van der Waals surface area contributed by atoms with Crippen molar-refractivity contribution >= 4 is 11.9 Å². The predicted molar refractivity (Wildman–Crippen MR) is 116 cm³/mol. The van der Waals surface area contributed by atoms with Gasteiger partial charge >= 0.3 is 5.97 Å². The van der Waals surface area contributed by atoms with Crippen LogP contribution in [0.4, 0.5) is 0 Å². The fraction of sp³-hybridized carbons (Fsp3) is 0.440. The monoisotopic (exact) mass is 423 g/mol. The van der Waals surface area contributed by atoms with E-state index in [4.69, 9.17) is 9.47 Å². The number of benzene rings is 2. The number of esters is 1. The van der Waals surface area contributed by atoms with E-state index in [0.29, 0.717) is 43.5 Å². The Bertz CT molecular complexity index is 961. The number of likely N-dealkylation sites (tertiary alicyclic amines) is 1. The summed E-state index contributed by atoms with van der Waals surface area (Å²) in [5, 5.41) is 12.0. The Kier molecular flexibility index (Phi) is 5.75. The van der Waals surface area contributed by atoms with Crippen molar-refractivity contribution in [1.29, 1.82) is 0 Å². The van der Waals surface area contributed by atoms with Crippen LogP contribution < -0.4 is 4.74 Å². The molecule has 2 aliphatic rings. The van der Waals surface area contributed by atoms with Crippen molar-refractivity contribution in [1.82, 2.24) is 4.90 Å². The van der Waals surface area contributed by atoms with Gasteiger partial charge in [-0.05, 0) is 55.5 Å². The Labute approximate surface area is 182 Å². The van der Waals surface area contributed by atoms with Crippen molar-refractivity contribution in [3.63, 3.8) is 0 Å². The molecule has 1 heterocycles. The Morgan fingerprint density at radius 2 is 1.87 bits per heavy atom. The standard InChI is InChI=1S/C25H29NO5/c1-18(27)31-22-11-12-25(29)17-26(23(28)19-7-4-3-5-8-19)14-13-24(25,16-22)20-9-6-10-21(15-20)30-2/h3-10,15,22,29H,11-14,16-17H2,1-2H3/t22?,24-,25-/m1/s1. The molecule has 3 atom stereocenters. The molecule has 2 aromatic rings. The summed E-state index contributed by atoms with van der Waals surface area (Å²) >= 11 is 0. The van der Waals surface area contributed by atoms with E-state index in [1.165, 1.54) is 6.92 Å². The normalized spacial score (nSPS) is 27.8. The van der Waals surface area contributed by atoms with E-state index in [1.807, 2.05) is 42.5 Å². The van der Waals surface area contributed by atoms with Crippen LogP contribution in [0.1, 0.15) is 48.5 Å². The zero-order valence-electron chi connectivity index (χ0n) is 18.0.